The van der Waals surface area contributed by atoms with Crippen molar-refractivity contribution in [3.63, 3.8) is 0 Å². The van der Waals surface area contributed by atoms with Gasteiger partial charge in [-0.2, -0.15) is 0 Å². The molecule has 2 heterocycles. The molecule has 0 saturated heterocycles. The molecule has 1 aromatic carbocycles. The molecule has 0 amide bonds. The Morgan fingerprint density at radius 3 is 2.86 bits per heavy atom. The van der Waals surface area contributed by atoms with Gasteiger partial charge >= 0.3 is 0 Å². The van der Waals surface area contributed by atoms with Gasteiger partial charge in [-0.05, 0) is 32.0 Å². The number of rotatable bonds is 4. The summed E-state index contributed by atoms with van der Waals surface area (Å²) in [7, 11) is 4.11. The Kier molecular flexibility index (Phi) is 3.59. The van der Waals surface area contributed by atoms with Crippen LogP contribution in [-0.2, 0) is 6.54 Å². The number of hydrogen-bond donors (Lipinski definition) is 1. The molecule has 21 heavy (non-hydrogen) atoms. The van der Waals surface area contributed by atoms with Gasteiger partial charge in [-0.3, -0.25) is 4.40 Å². The topological polar surface area (TPSA) is 32.6 Å². The van der Waals surface area contributed by atoms with Crippen molar-refractivity contribution in [2.24, 2.45) is 0 Å². The van der Waals surface area contributed by atoms with Crippen LogP contribution in [0.1, 0.15) is 17.1 Å². The highest BCUT2D eigenvalue weighted by molar-refractivity contribution is 7.15. The van der Waals surface area contributed by atoms with Gasteiger partial charge < -0.3 is 10.2 Å². The normalized spacial score (nSPS) is 11.0. The minimum Gasteiger partial charge on any atom is -0.379 e. The van der Waals surface area contributed by atoms with E-state index in [2.05, 4.69) is 77.2 Å². The minimum absolute atomic E-state index is 0.779. The second-order valence-corrected chi connectivity index (χ2v) is 6.27. The van der Waals surface area contributed by atoms with Gasteiger partial charge in [-0.25, -0.2) is 4.98 Å². The van der Waals surface area contributed by atoms with Crippen LogP contribution < -0.4 is 10.2 Å². The summed E-state index contributed by atoms with van der Waals surface area (Å²) in [4.78, 5) is 7.81. The van der Waals surface area contributed by atoms with Gasteiger partial charge in [0.15, 0.2) is 4.96 Å². The molecule has 0 radical (unpaired) electrons. The van der Waals surface area contributed by atoms with E-state index >= 15 is 0 Å². The molecule has 1 N–H and O–H groups in total. The largest absolute Gasteiger partial charge is 0.379 e. The highest BCUT2D eigenvalue weighted by atomic mass is 32.1. The zero-order valence-corrected chi connectivity index (χ0v) is 13.7. The van der Waals surface area contributed by atoms with Crippen LogP contribution in [0.15, 0.2) is 29.6 Å². The fraction of sp³-hybridized carbons (Fsp3) is 0.312. The molecule has 0 atom stereocenters. The van der Waals surface area contributed by atoms with E-state index in [1.807, 2.05) is 0 Å². The van der Waals surface area contributed by atoms with Gasteiger partial charge in [0.05, 0.1) is 17.9 Å². The molecule has 0 saturated carbocycles. The summed E-state index contributed by atoms with van der Waals surface area (Å²) in [5.74, 6) is 0. The molecule has 0 aliphatic heterocycles. The molecule has 3 aromatic rings. The molecule has 3 rings (SSSR count). The number of benzene rings is 1. The number of imidazole rings is 1. The van der Waals surface area contributed by atoms with Crippen molar-refractivity contribution in [3.8, 4) is 0 Å². The van der Waals surface area contributed by atoms with Crippen molar-refractivity contribution in [2.75, 3.05) is 24.3 Å². The molecule has 0 aliphatic rings. The predicted molar refractivity (Wildman–Crippen MR) is 90.6 cm³/mol. The molecular formula is C16H20N4S. The average molecular weight is 300 g/mol. The molecule has 5 heteroatoms. The van der Waals surface area contributed by atoms with E-state index in [0.29, 0.717) is 0 Å². The van der Waals surface area contributed by atoms with Crippen LogP contribution in [-0.4, -0.2) is 23.5 Å². The van der Waals surface area contributed by atoms with Crippen LogP contribution in [0.3, 0.4) is 0 Å². The SMILES string of the molecule is Cc1nc2scc(C)n2c1CNc1cccc(N(C)C)c1. The van der Waals surface area contributed by atoms with Crippen LogP contribution in [0.25, 0.3) is 4.96 Å². The lowest BCUT2D eigenvalue weighted by atomic mass is 10.2. The Labute approximate surface area is 129 Å². The lowest BCUT2D eigenvalue weighted by Gasteiger charge is -2.14. The number of hydrogen-bond acceptors (Lipinski definition) is 4. The standard InChI is InChI=1S/C16H20N4S/c1-11-10-21-16-18-12(2)15(20(11)16)9-17-13-6-5-7-14(8-13)19(3)4/h5-8,10,17H,9H2,1-4H3. The van der Waals surface area contributed by atoms with E-state index in [1.54, 1.807) is 11.3 Å². The first kappa shape index (κ1) is 13.9. The third-order valence-electron chi connectivity index (χ3n) is 3.65. The summed E-state index contributed by atoms with van der Waals surface area (Å²) in [5, 5.41) is 5.66. The number of nitrogens with one attached hydrogen (secondary N) is 1. The van der Waals surface area contributed by atoms with Crippen LogP contribution in [0.4, 0.5) is 11.4 Å². The van der Waals surface area contributed by atoms with Gasteiger partial charge in [-0.1, -0.05) is 6.07 Å². The Morgan fingerprint density at radius 1 is 1.29 bits per heavy atom. The third kappa shape index (κ3) is 2.61. The highest BCUT2D eigenvalue weighted by Gasteiger charge is 2.11. The zero-order valence-electron chi connectivity index (χ0n) is 12.8. The first-order valence-electron chi connectivity index (χ1n) is 6.99. The molecule has 110 valence electrons. The first-order chi connectivity index (χ1) is 10.1. The van der Waals surface area contributed by atoms with Gasteiger partial charge in [0, 0.05) is 36.5 Å². The minimum atomic E-state index is 0.779. The summed E-state index contributed by atoms with van der Waals surface area (Å²) in [6.07, 6.45) is 0. The van der Waals surface area contributed by atoms with Gasteiger partial charge in [0.25, 0.3) is 0 Å². The van der Waals surface area contributed by atoms with Gasteiger partial charge in [-0.15, -0.1) is 11.3 Å². The summed E-state index contributed by atoms with van der Waals surface area (Å²) >= 11 is 1.69. The summed E-state index contributed by atoms with van der Waals surface area (Å²) in [5.41, 5.74) is 5.90. The van der Waals surface area contributed by atoms with Crippen LogP contribution in [0, 0.1) is 13.8 Å². The van der Waals surface area contributed by atoms with Crippen molar-refractivity contribution in [2.45, 2.75) is 20.4 Å². The zero-order chi connectivity index (χ0) is 15.0. The fourth-order valence-corrected chi connectivity index (χ4v) is 3.39. The molecule has 4 nitrogen and oxygen atoms in total. The third-order valence-corrected chi connectivity index (χ3v) is 4.60. The maximum atomic E-state index is 4.63. The average Bonchev–Trinajstić information content (AvgIpc) is 2.96. The second kappa shape index (κ2) is 5.41. The van der Waals surface area contributed by atoms with E-state index in [0.717, 1.165) is 22.9 Å². The number of anilines is 2. The number of thiazole rings is 1. The Bertz CT molecular complexity index is 770. The van der Waals surface area contributed by atoms with Crippen molar-refractivity contribution in [1.82, 2.24) is 9.38 Å². The monoisotopic (exact) mass is 300 g/mol. The molecule has 2 aromatic heterocycles. The van der Waals surface area contributed by atoms with Crippen molar-refractivity contribution in [3.05, 3.63) is 46.7 Å². The van der Waals surface area contributed by atoms with E-state index in [1.165, 1.54) is 17.1 Å². The summed E-state index contributed by atoms with van der Waals surface area (Å²) < 4.78 is 2.24. The van der Waals surface area contributed by atoms with Crippen LogP contribution in [0.5, 0.6) is 0 Å². The quantitative estimate of drug-likeness (QED) is 0.797. The van der Waals surface area contributed by atoms with Crippen LogP contribution >= 0.6 is 11.3 Å². The molecular weight excluding hydrogens is 280 g/mol. The smallest absolute Gasteiger partial charge is 0.194 e. The summed E-state index contributed by atoms with van der Waals surface area (Å²) in [6, 6.07) is 8.44. The number of aryl methyl sites for hydroxylation is 2. The predicted octanol–water partition coefficient (Wildman–Crippen LogP) is 3.69. The van der Waals surface area contributed by atoms with Crippen molar-refractivity contribution >= 4 is 27.7 Å². The molecule has 0 aliphatic carbocycles. The highest BCUT2D eigenvalue weighted by Crippen LogP contribution is 2.22. The lowest BCUT2D eigenvalue weighted by Crippen LogP contribution is -2.09. The Balaban J connectivity index is 1.85. The number of fused-ring (bicyclic) bond motifs is 1. The number of aromatic nitrogens is 2. The van der Waals surface area contributed by atoms with E-state index < -0.39 is 0 Å². The second-order valence-electron chi connectivity index (χ2n) is 5.44. The lowest BCUT2D eigenvalue weighted by molar-refractivity contribution is 0.966. The summed E-state index contributed by atoms with van der Waals surface area (Å²) in [6.45, 7) is 4.98. The Hall–Kier alpha value is -2.01. The molecule has 0 bridgehead atoms. The van der Waals surface area contributed by atoms with Crippen LogP contribution in [0.2, 0.25) is 0 Å². The van der Waals surface area contributed by atoms with E-state index in [9.17, 15) is 0 Å². The molecule has 0 unspecified atom stereocenters. The Morgan fingerprint density at radius 2 is 2.10 bits per heavy atom. The van der Waals surface area contributed by atoms with Crippen molar-refractivity contribution in [1.29, 1.82) is 0 Å². The van der Waals surface area contributed by atoms with Crippen molar-refractivity contribution < 1.29 is 0 Å². The number of nitrogens with zero attached hydrogens (tertiary/aromatic N) is 3. The molecule has 0 spiro atoms. The van der Waals surface area contributed by atoms with Gasteiger partial charge in [0.1, 0.15) is 0 Å². The molecule has 0 fully saturated rings. The van der Waals surface area contributed by atoms with E-state index in [4.69, 9.17) is 0 Å². The maximum absolute atomic E-state index is 4.63. The van der Waals surface area contributed by atoms with E-state index in [-0.39, 0.29) is 0 Å². The fourth-order valence-electron chi connectivity index (χ4n) is 2.46. The van der Waals surface area contributed by atoms with Gasteiger partial charge in [0.2, 0.25) is 0 Å². The first-order valence-corrected chi connectivity index (χ1v) is 7.87. The maximum Gasteiger partial charge on any atom is 0.194 e.